The molecule has 0 bridgehead atoms. The molecule has 0 radical (unpaired) electrons. The van der Waals surface area contributed by atoms with E-state index >= 15 is 0 Å². The molecular formula is C25H37ClN6O3. The molecule has 1 aromatic carbocycles. The summed E-state index contributed by atoms with van der Waals surface area (Å²) in [5, 5.41) is 8.21. The van der Waals surface area contributed by atoms with Gasteiger partial charge in [-0.1, -0.05) is 11.6 Å². The first-order chi connectivity index (χ1) is 16.6. The van der Waals surface area contributed by atoms with Crippen LogP contribution in [0.3, 0.4) is 0 Å². The summed E-state index contributed by atoms with van der Waals surface area (Å²) in [5.41, 5.74) is 0.393. The summed E-state index contributed by atoms with van der Waals surface area (Å²) in [6.45, 7) is 11.1. The molecule has 1 saturated heterocycles. The van der Waals surface area contributed by atoms with Crippen molar-refractivity contribution in [2.75, 3.05) is 32.7 Å². The van der Waals surface area contributed by atoms with Gasteiger partial charge in [-0.25, -0.2) is 9.78 Å². The summed E-state index contributed by atoms with van der Waals surface area (Å²) in [5.74, 6) is 1.60. The molecule has 2 aromatic rings. The van der Waals surface area contributed by atoms with Crippen LogP contribution in [0.25, 0.3) is 11.4 Å². The number of nitrogens with zero attached hydrogens (tertiary/aromatic N) is 5. The predicted octanol–water partition coefficient (Wildman–Crippen LogP) is 3.72. The molecule has 3 rings (SSSR count). The Labute approximate surface area is 212 Å². The number of aromatic nitrogens is 3. The molecule has 0 atom stereocenters. The van der Waals surface area contributed by atoms with Crippen molar-refractivity contribution in [2.45, 2.75) is 52.7 Å². The van der Waals surface area contributed by atoms with Crippen molar-refractivity contribution in [1.29, 1.82) is 0 Å². The van der Waals surface area contributed by atoms with Crippen LogP contribution in [-0.2, 0) is 23.1 Å². The third-order valence-electron chi connectivity index (χ3n) is 5.99. The molecule has 10 heteroatoms. The average Bonchev–Trinajstić information content (AvgIpc) is 3.16. The van der Waals surface area contributed by atoms with Crippen LogP contribution in [0.4, 0.5) is 4.79 Å². The number of piperidine rings is 1. The number of benzene rings is 1. The van der Waals surface area contributed by atoms with E-state index in [0.717, 1.165) is 37.3 Å². The second-order valence-corrected chi connectivity index (χ2v) is 10.3. The van der Waals surface area contributed by atoms with Crippen molar-refractivity contribution in [3.8, 4) is 11.4 Å². The molecule has 1 fully saturated rings. The highest BCUT2D eigenvalue weighted by Gasteiger charge is 2.26. The molecule has 2 amide bonds. The Balaban J connectivity index is 1.43. The number of carbonyl (C=O) groups excluding carboxylic acids is 2. The van der Waals surface area contributed by atoms with Gasteiger partial charge in [0.05, 0.1) is 6.54 Å². The van der Waals surface area contributed by atoms with Gasteiger partial charge in [-0.05, 0) is 77.9 Å². The van der Waals surface area contributed by atoms with Crippen molar-refractivity contribution in [3.05, 3.63) is 35.1 Å². The third kappa shape index (κ3) is 7.93. The minimum absolute atomic E-state index is 0.0213. The van der Waals surface area contributed by atoms with Crippen molar-refractivity contribution in [1.82, 2.24) is 29.9 Å². The molecule has 1 aliphatic heterocycles. The first kappa shape index (κ1) is 26.9. The molecule has 0 aliphatic carbocycles. The number of halogens is 1. The van der Waals surface area contributed by atoms with E-state index in [2.05, 4.69) is 15.3 Å². The van der Waals surface area contributed by atoms with Gasteiger partial charge in [0.1, 0.15) is 11.4 Å². The lowest BCUT2D eigenvalue weighted by Crippen LogP contribution is -2.44. The number of hydrogen-bond acceptors (Lipinski definition) is 6. The van der Waals surface area contributed by atoms with Crippen LogP contribution in [0.2, 0.25) is 5.02 Å². The van der Waals surface area contributed by atoms with E-state index < -0.39 is 5.60 Å². The molecular weight excluding hydrogens is 468 g/mol. The van der Waals surface area contributed by atoms with Crippen LogP contribution in [0.1, 0.15) is 46.4 Å². The van der Waals surface area contributed by atoms with E-state index in [0.29, 0.717) is 37.0 Å². The molecule has 35 heavy (non-hydrogen) atoms. The molecule has 0 saturated carbocycles. The van der Waals surface area contributed by atoms with E-state index in [1.807, 2.05) is 63.7 Å². The maximum absolute atomic E-state index is 12.7. The summed E-state index contributed by atoms with van der Waals surface area (Å²) in [6.07, 6.45) is 1.22. The molecule has 192 valence electrons. The van der Waals surface area contributed by atoms with E-state index in [4.69, 9.17) is 21.3 Å². The fourth-order valence-corrected chi connectivity index (χ4v) is 4.12. The number of rotatable bonds is 8. The van der Waals surface area contributed by atoms with Gasteiger partial charge in [-0.15, -0.1) is 0 Å². The number of ether oxygens (including phenoxy) is 1. The largest absolute Gasteiger partial charge is 0.444 e. The molecule has 0 spiro atoms. The SMILES string of the molecule is CCN(CCNC(=O)C1CCN(Cc2nc(-c3ccc(Cl)cc3)nn2C)CC1)C(=O)OC(C)(C)C. The second kappa shape index (κ2) is 11.9. The average molecular weight is 505 g/mol. The van der Waals surface area contributed by atoms with Crippen LogP contribution in [0.5, 0.6) is 0 Å². The lowest BCUT2D eigenvalue weighted by Gasteiger charge is -2.31. The lowest BCUT2D eigenvalue weighted by atomic mass is 9.96. The Hall–Kier alpha value is -2.65. The Kier molecular flexibility index (Phi) is 9.13. The molecule has 1 N–H and O–H groups in total. The quantitative estimate of drug-likeness (QED) is 0.589. The van der Waals surface area contributed by atoms with Crippen molar-refractivity contribution >= 4 is 23.6 Å². The highest BCUT2D eigenvalue weighted by atomic mass is 35.5. The van der Waals surface area contributed by atoms with Crippen molar-refractivity contribution < 1.29 is 14.3 Å². The van der Waals surface area contributed by atoms with Gasteiger partial charge in [-0.3, -0.25) is 14.4 Å². The van der Waals surface area contributed by atoms with Gasteiger partial charge in [0, 0.05) is 43.2 Å². The summed E-state index contributed by atoms with van der Waals surface area (Å²) in [4.78, 5) is 33.5. The van der Waals surface area contributed by atoms with Gasteiger partial charge >= 0.3 is 6.09 Å². The van der Waals surface area contributed by atoms with E-state index in [-0.39, 0.29) is 17.9 Å². The smallest absolute Gasteiger partial charge is 0.410 e. The maximum atomic E-state index is 12.7. The van der Waals surface area contributed by atoms with Crippen LogP contribution in [-0.4, -0.2) is 74.9 Å². The highest BCUT2D eigenvalue weighted by molar-refractivity contribution is 6.30. The van der Waals surface area contributed by atoms with E-state index in [1.165, 1.54) is 0 Å². The number of likely N-dealkylation sites (N-methyl/N-ethyl adjacent to an activating group) is 1. The standard InChI is InChI=1S/C25H37ClN6O3/c1-6-32(24(34)35-25(2,3)4)16-13-27-23(33)19-11-14-31(15-12-19)17-21-28-22(29-30(21)5)18-7-9-20(26)10-8-18/h7-10,19H,6,11-17H2,1-5H3,(H,27,33). The van der Waals surface area contributed by atoms with Gasteiger partial charge < -0.3 is 15.0 Å². The molecule has 2 heterocycles. The Morgan fingerprint density at radius 3 is 2.46 bits per heavy atom. The first-order valence-corrected chi connectivity index (χ1v) is 12.6. The van der Waals surface area contributed by atoms with Crippen LogP contribution in [0, 0.1) is 5.92 Å². The molecule has 0 unspecified atom stereocenters. The fraction of sp³-hybridized carbons (Fsp3) is 0.600. The number of hydrogen-bond donors (Lipinski definition) is 1. The van der Waals surface area contributed by atoms with Crippen molar-refractivity contribution in [2.24, 2.45) is 13.0 Å². The monoisotopic (exact) mass is 504 g/mol. The van der Waals surface area contributed by atoms with Crippen molar-refractivity contribution in [3.63, 3.8) is 0 Å². The number of aryl methyl sites for hydroxylation is 1. The van der Waals surface area contributed by atoms with Crippen LogP contribution in [0.15, 0.2) is 24.3 Å². The topological polar surface area (TPSA) is 92.6 Å². The number of amides is 2. The molecule has 9 nitrogen and oxygen atoms in total. The summed E-state index contributed by atoms with van der Waals surface area (Å²) >= 11 is 5.98. The van der Waals surface area contributed by atoms with Gasteiger partial charge in [0.15, 0.2) is 5.82 Å². The third-order valence-corrected chi connectivity index (χ3v) is 6.25. The Morgan fingerprint density at radius 1 is 1.20 bits per heavy atom. The van der Waals surface area contributed by atoms with Gasteiger partial charge in [-0.2, -0.15) is 5.10 Å². The Morgan fingerprint density at radius 2 is 1.86 bits per heavy atom. The molecule has 1 aliphatic rings. The molecule has 1 aromatic heterocycles. The van der Waals surface area contributed by atoms with E-state index in [9.17, 15) is 9.59 Å². The van der Waals surface area contributed by atoms with Crippen LogP contribution < -0.4 is 5.32 Å². The van der Waals surface area contributed by atoms with Gasteiger partial charge in [0.25, 0.3) is 0 Å². The fourth-order valence-electron chi connectivity index (χ4n) is 3.99. The minimum Gasteiger partial charge on any atom is -0.444 e. The van der Waals surface area contributed by atoms with Gasteiger partial charge in [0.2, 0.25) is 5.91 Å². The normalized spacial score (nSPS) is 15.1. The van der Waals surface area contributed by atoms with E-state index in [1.54, 1.807) is 4.90 Å². The second-order valence-electron chi connectivity index (χ2n) is 9.88. The Bertz CT molecular complexity index is 994. The summed E-state index contributed by atoms with van der Waals surface area (Å²) in [6, 6.07) is 7.50. The summed E-state index contributed by atoms with van der Waals surface area (Å²) < 4.78 is 7.23. The summed E-state index contributed by atoms with van der Waals surface area (Å²) in [7, 11) is 1.90. The number of carbonyl (C=O) groups is 2. The number of nitrogens with one attached hydrogen (secondary N) is 1. The first-order valence-electron chi connectivity index (χ1n) is 12.2. The zero-order valence-corrected chi connectivity index (χ0v) is 22.1. The minimum atomic E-state index is -0.538. The zero-order valence-electron chi connectivity index (χ0n) is 21.4. The maximum Gasteiger partial charge on any atom is 0.410 e. The zero-order chi connectivity index (χ0) is 25.6. The lowest BCUT2D eigenvalue weighted by molar-refractivity contribution is -0.126. The number of likely N-dealkylation sites (tertiary alicyclic amines) is 1. The predicted molar refractivity (Wildman–Crippen MR) is 136 cm³/mol. The highest BCUT2D eigenvalue weighted by Crippen LogP contribution is 2.21. The van der Waals surface area contributed by atoms with Crippen LogP contribution >= 0.6 is 11.6 Å².